The zero-order valence-electron chi connectivity index (χ0n) is 11.8. The van der Waals surface area contributed by atoms with Crippen molar-refractivity contribution in [3.63, 3.8) is 0 Å². The van der Waals surface area contributed by atoms with Gasteiger partial charge in [-0.15, -0.1) is 11.6 Å². The van der Waals surface area contributed by atoms with Crippen molar-refractivity contribution in [2.24, 2.45) is 0 Å². The van der Waals surface area contributed by atoms with Crippen LogP contribution in [0.3, 0.4) is 0 Å². The number of para-hydroxylation sites is 2. The Kier molecular flexibility index (Phi) is 3.19. The molecule has 1 aliphatic rings. The Morgan fingerprint density at radius 3 is 2.81 bits per heavy atom. The third-order valence-electron chi connectivity index (χ3n) is 4.44. The Labute approximate surface area is 129 Å². The van der Waals surface area contributed by atoms with Crippen molar-refractivity contribution in [3.8, 4) is 0 Å². The van der Waals surface area contributed by atoms with Gasteiger partial charge < -0.3 is 4.57 Å². The van der Waals surface area contributed by atoms with Gasteiger partial charge in [-0.1, -0.05) is 36.4 Å². The van der Waals surface area contributed by atoms with E-state index in [-0.39, 0.29) is 0 Å². The van der Waals surface area contributed by atoms with Crippen LogP contribution in [-0.4, -0.2) is 9.55 Å². The third kappa shape index (κ3) is 2.06. The van der Waals surface area contributed by atoms with E-state index in [1.165, 1.54) is 29.5 Å². The number of alkyl halides is 1. The summed E-state index contributed by atoms with van der Waals surface area (Å²) in [7, 11) is 0. The molecule has 21 heavy (non-hydrogen) atoms. The Morgan fingerprint density at radius 1 is 1.10 bits per heavy atom. The van der Waals surface area contributed by atoms with E-state index in [1.54, 1.807) is 0 Å². The van der Waals surface area contributed by atoms with Crippen LogP contribution in [0.2, 0.25) is 0 Å². The monoisotopic (exact) mass is 296 g/mol. The highest BCUT2D eigenvalue weighted by atomic mass is 35.5. The van der Waals surface area contributed by atoms with Crippen LogP contribution in [0, 0.1) is 0 Å². The number of fused-ring (bicyclic) bond motifs is 2. The van der Waals surface area contributed by atoms with Gasteiger partial charge in [0.05, 0.1) is 23.0 Å². The fourth-order valence-electron chi connectivity index (χ4n) is 3.53. The average molecular weight is 297 g/mol. The maximum Gasteiger partial charge on any atom is 0.125 e. The van der Waals surface area contributed by atoms with Crippen LogP contribution in [0.15, 0.2) is 48.5 Å². The molecule has 0 saturated heterocycles. The summed E-state index contributed by atoms with van der Waals surface area (Å²) in [5.41, 5.74) is 5.12. The molecule has 0 amide bonds. The molecule has 1 heterocycles. The minimum atomic E-state index is 0.357. The minimum absolute atomic E-state index is 0.357. The number of aryl methyl sites for hydroxylation is 1. The van der Waals surface area contributed by atoms with Crippen LogP contribution in [0.5, 0.6) is 0 Å². The van der Waals surface area contributed by atoms with Gasteiger partial charge in [0.1, 0.15) is 5.82 Å². The number of benzene rings is 2. The van der Waals surface area contributed by atoms with E-state index in [4.69, 9.17) is 16.6 Å². The summed E-state index contributed by atoms with van der Waals surface area (Å²) in [5.74, 6) is 1.42. The summed E-state index contributed by atoms with van der Waals surface area (Å²) in [4.78, 5) is 4.71. The number of aromatic nitrogens is 2. The molecule has 4 rings (SSSR count). The molecule has 1 unspecified atom stereocenters. The van der Waals surface area contributed by atoms with Crippen molar-refractivity contribution in [2.75, 3.05) is 0 Å². The van der Waals surface area contributed by atoms with Crippen LogP contribution in [0.1, 0.15) is 35.8 Å². The highest BCUT2D eigenvalue weighted by Crippen LogP contribution is 2.36. The molecule has 106 valence electrons. The number of halogens is 1. The normalized spacial score (nSPS) is 17.9. The first kappa shape index (κ1) is 12.9. The molecule has 1 atom stereocenters. The van der Waals surface area contributed by atoms with Gasteiger partial charge in [-0.05, 0) is 42.5 Å². The van der Waals surface area contributed by atoms with Gasteiger partial charge in [0.2, 0.25) is 0 Å². The lowest BCUT2D eigenvalue weighted by molar-refractivity contribution is 0.490. The molecule has 1 aliphatic carbocycles. The predicted molar refractivity (Wildman–Crippen MR) is 86.8 cm³/mol. The summed E-state index contributed by atoms with van der Waals surface area (Å²) in [5, 5.41) is 0. The number of hydrogen-bond donors (Lipinski definition) is 0. The molecule has 0 spiro atoms. The summed E-state index contributed by atoms with van der Waals surface area (Å²) >= 11 is 6.17. The molecule has 0 saturated carbocycles. The second kappa shape index (κ2) is 5.19. The molecule has 3 aromatic rings. The second-order valence-electron chi connectivity index (χ2n) is 5.63. The fraction of sp³-hybridized carbons (Fsp3) is 0.278. The van der Waals surface area contributed by atoms with E-state index in [0.29, 0.717) is 11.9 Å². The highest BCUT2D eigenvalue weighted by molar-refractivity contribution is 6.16. The smallest absolute Gasteiger partial charge is 0.125 e. The van der Waals surface area contributed by atoms with E-state index < -0.39 is 0 Å². The van der Waals surface area contributed by atoms with Crippen molar-refractivity contribution in [1.29, 1.82) is 0 Å². The average Bonchev–Trinajstić information content (AvgIpc) is 2.92. The van der Waals surface area contributed by atoms with Crippen molar-refractivity contribution in [3.05, 3.63) is 65.5 Å². The minimum Gasteiger partial charge on any atom is -0.319 e. The number of hydrogen-bond acceptors (Lipinski definition) is 1. The Bertz CT molecular complexity index is 791. The van der Waals surface area contributed by atoms with E-state index >= 15 is 0 Å². The van der Waals surface area contributed by atoms with Gasteiger partial charge in [-0.2, -0.15) is 0 Å². The quantitative estimate of drug-likeness (QED) is 0.627. The number of imidazole rings is 1. The van der Waals surface area contributed by atoms with Gasteiger partial charge in [0, 0.05) is 0 Å². The summed E-state index contributed by atoms with van der Waals surface area (Å²) in [6.07, 6.45) is 3.55. The Morgan fingerprint density at radius 2 is 1.90 bits per heavy atom. The first-order valence-electron chi connectivity index (χ1n) is 7.48. The number of nitrogens with zero attached hydrogens (tertiary/aromatic N) is 2. The summed E-state index contributed by atoms with van der Waals surface area (Å²) in [6.45, 7) is 0. The molecule has 0 bridgehead atoms. The van der Waals surface area contributed by atoms with Gasteiger partial charge in [0.15, 0.2) is 0 Å². The summed E-state index contributed by atoms with van der Waals surface area (Å²) in [6, 6.07) is 17.5. The lowest BCUT2D eigenvalue weighted by Gasteiger charge is -2.28. The standard InChI is InChI=1S/C18H17ClN2/c19-12-18-20-15-9-3-4-10-17(15)21(18)16-11-5-7-13-6-1-2-8-14(13)16/h1-4,6,8-10,16H,5,7,11-12H2. The molecular formula is C18H17ClN2. The number of rotatable bonds is 2. The van der Waals surface area contributed by atoms with Crippen LogP contribution >= 0.6 is 11.6 Å². The lowest BCUT2D eigenvalue weighted by atomic mass is 9.87. The van der Waals surface area contributed by atoms with E-state index in [0.717, 1.165) is 17.8 Å². The first-order chi connectivity index (χ1) is 10.4. The molecule has 0 fully saturated rings. The first-order valence-corrected chi connectivity index (χ1v) is 8.01. The van der Waals surface area contributed by atoms with Crippen molar-refractivity contribution < 1.29 is 0 Å². The van der Waals surface area contributed by atoms with Crippen LogP contribution < -0.4 is 0 Å². The molecule has 0 radical (unpaired) electrons. The maximum atomic E-state index is 6.17. The van der Waals surface area contributed by atoms with Crippen molar-refractivity contribution >= 4 is 22.6 Å². The van der Waals surface area contributed by atoms with Gasteiger partial charge in [-0.3, -0.25) is 0 Å². The molecule has 3 heteroatoms. The predicted octanol–water partition coefficient (Wildman–Crippen LogP) is 4.70. The SMILES string of the molecule is ClCc1nc2ccccc2n1C1CCCc2ccccc21. The van der Waals surface area contributed by atoms with Crippen LogP contribution in [0.4, 0.5) is 0 Å². The molecule has 2 aromatic carbocycles. The van der Waals surface area contributed by atoms with Gasteiger partial charge in [-0.25, -0.2) is 4.98 Å². The van der Waals surface area contributed by atoms with E-state index in [9.17, 15) is 0 Å². The van der Waals surface area contributed by atoms with Crippen LogP contribution in [-0.2, 0) is 12.3 Å². The molecule has 2 nitrogen and oxygen atoms in total. The zero-order chi connectivity index (χ0) is 14.2. The van der Waals surface area contributed by atoms with Gasteiger partial charge >= 0.3 is 0 Å². The Hall–Kier alpha value is -1.80. The molecular weight excluding hydrogens is 280 g/mol. The van der Waals surface area contributed by atoms with E-state index in [1.807, 2.05) is 6.07 Å². The largest absolute Gasteiger partial charge is 0.319 e. The summed E-state index contributed by atoms with van der Waals surface area (Å²) < 4.78 is 2.35. The van der Waals surface area contributed by atoms with Crippen molar-refractivity contribution in [2.45, 2.75) is 31.2 Å². The fourth-order valence-corrected chi connectivity index (χ4v) is 3.72. The second-order valence-corrected chi connectivity index (χ2v) is 5.89. The van der Waals surface area contributed by atoms with E-state index in [2.05, 4.69) is 47.0 Å². The molecule has 0 N–H and O–H groups in total. The van der Waals surface area contributed by atoms with Gasteiger partial charge in [0.25, 0.3) is 0 Å². The van der Waals surface area contributed by atoms with Crippen LogP contribution in [0.25, 0.3) is 11.0 Å². The molecule has 0 aliphatic heterocycles. The Balaban J connectivity index is 1.95. The topological polar surface area (TPSA) is 17.8 Å². The highest BCUT2D eigenvalue weighted by Gasteiger charge is 2.24. The van der Waals surface area contributed by atoms with Crippen molar-refractivity contribution in [1.82, 2.24) is 9.55 Å². The third-order valence-corrected chi connectivity index (χ3v) is 4.68. The zero-order valence-corrected chi connectivity index (χ0v) is 12.6. The molecule has 1 aromatic heterocycles. The maximum absolute atomic E-state index is 6.17. The lowest BCUT2D eigenvalue weighted by Crippen LogP contribution is -2.18.